The smallest absolute Gasteiger partial charge is 0.140 e. The molecule has 1 N–H and O–H groups in total. The van der Waals surface area contributed by atoms with Gasteiger partial charge in [0.05, 0.1) is 5.39 Å². The van der Waals surface area contributed by atoms with Crippen LogP contribution in [0.3, 0.4) is 0 Å². The molecule has 2 aliphatic heterocycles. The predicted molar refractivity (Wildman–Crippen MR) is 142 cm³/mol. The molecule has 34 heavy (non-hydrogen) atoms. The Hall–Kier alpha value is -2.60. The van der Waals surface area contributed by atoms with Gasteiger partial charge in [0.25, 0.3) is 0 Å². The quantitative estimate of drug-likeness (QED) is 0.410. The van der Waals surface area contributed by atoms with E-state index in [2.05, 4.69) is 57.2 Å². The fourth-order valence-electron chi connectivity index (χ4n) is 5.84. The van der Waals surface area contributed by atoms with E-state index in [1.807, 2.05) is 17.8 Å². The molecular formula is C26H28N6S2. The van der Waals surface area contributed by atoms with E-state index in [-0.39, 0.29) is 0 Å². The highest BCUT2D eigenvalue weighted by Gasteiger charge is 2.44. The van der Waals surface area contributed by atoms with E-state index in [9.17, 15) is 5.26 Å². The SMILES string of the molecule is CSCc1cc2c(N3CCC4(CCN(Cc5ccc6[nH]c(C#N)cc6c5C)C4)C3)ncnc2s1. The summed E-state index contributed by atoms with van der Waals surface area (Å²) in [6.45, 7) is 7.56. The maximum atomic E-state index is 9.23. The Kier molecular flexibility index (Phi) is 5.51. The molecule has 2 fully saturated rings. The Morgan fingerprint density at radius 2 is 2.06 bits per heavy atom. The van der Waals surface area contributed by atoms with Crippen molar-refractivity contribution in [2.75, 3.05) is 37.3 Å². The van der Waals surface area contributed by atoms with Gasteiger partial charge in [0.1, 0.15) is 28.7 Å². The van der Waals surface area contributed by atoms with E-state index in [1.165, 1.54) is 39.6 Å². The Morgan fingerprint density at radius 3 is 2.91 bits per heavy atom. The van der Waals surface area contributed by atoms with Crippen molar-refractivity contribution in [2.45, 2.75) is 32.1 Å². The number of benzene rings is 1. The topological polar surface area (TPSA) is 71.8 Å². The number of aromatic nitrogens is 3. The zero-order valence-electron chi connectivity index (χ0n) is 19.6. The number of anilines is 1. The molecule has 0 aliphatic carbocycles. The Labute approximate surface area is 208 Å². The van der Waals surface area contributed by atoms with Crippen LogP contribution in [-0.2, 0) is 12.3 Å². The molecule has 0 amide bonds. The van der Waals surface area contributed by atoms with Gasteiger partial charge >= 0.3 is 0 Å². The number of rotatable bonds is 5. The molecule has 1 spiro atoms. The number of aromatic amines is 1. The van der Waals surface area contributed by atoms with E-state index in [1.54, 1.807) is 17.7 Å². The standard InChI is InChI=1S/C26H28N6S2/c1-17-18(3-4-23-21(17)9-19(11-27)30-23)12-31-7-5-26(14-31)6-8-32(15-26)24-22-10-20(13-33-2)34-25(22)29-16-28-24/h3-4,9-10,16,30H,5-8,12-15H2,1-2H3. The zero-order valence-corrected chi connectivity index (χ0v) is 21.2. The number of thioether (sulfide) groups is 1. The van der Waals surface area contributed by atoms with Crippen molar-refractivity contribution >= 4 is 50.0 Å². The highest BCUT2D eigenvalue weighted by Crippen LogP contribution is 2.43. The van der Waals surface area contributed by atoms with Crippen molar-refractivity contribution in [2.24, 2.45) is 5.41 Å². The number of nitrogens with zero attached hydrogens (tertiary/aromatic N) is 5. The second-order valence-electron chi connectivity index (χ2n) is 9.80. The summed E-state index contributed by atoms with van der Waals surface area (Å²) in [5.41, 5.74) is 4.67. The number of nitriles is 1. The highest BCUT2D eigenvalue weighted by atomic mass is 32.2. The summed E-state index contributed by atoms with van der Waals surface area (Å²) >= 11 is 3.65. The largest absolute Gasteiger partial charge is 0.355 e. The van der Waals surface area contributed by atoms with Gasteiger partial charge < -0.3 is 9.88 Å². The summed E-state index contributed by atoms with van der Waals surface area (Å²) in [5.74, 6) is 2.15. The summed E-state index contributed by atoms with van der Waals surface area (Å²) in [6.07, 6.45) is 6.34. The van der Waals surface area contributed by atoms with Crippen LogP contribution in [0.5, 0.6) is 0 Å². The van der Waals surface area contributed by atoms with Crippen LogP contribution in [0, 0.1) is 23.7 Å². The minimum Gasteiger partial charge on any atom is -0.355 e. The molecule has 0 radical (unpaired) electrons. The lowest BCUT2D eigenvalue weighted by molar-refractivity contribution is 0.270. The second kappa shape index (κ2) is 8.56. The normalized spacial score (nSPS) is 20.8. The van der Waals surface area contributed by atoms with Gasteiger partial charge in [-0.1, -0.05) is 6.07 Å². The molecule has 0 bridgehead atoms. The van der Waals surface area contributed by atoms with Gasteiger partial charge in [-0.05, 0) is 61.9 Å². The molecule has 174 valence electrons. The summed E-state index contributed by atoms with van der Waals surface area (Å²) in [4.78, 5) is 20.1. The lowest BCUT2D eigenvalue weighted by Crippen LogP contribution is -2.31. The van der Waals surface area contributed by atoms with E-state index in [0.29, 0.717) is 11.1 Å². The van der Waals surface area contributed by atoms with Crippen LogP contribution in [0.2, 0.25) is 0 Å². The van der Waals surface area contributed by atoms with Crippen molar-refractivity contribution < 1.29 is 0 Å². The summed E-state index contributed by atoms with van der Waals surface area (Å²) in [5, 5.41) is 11.6. The van der Waals surface area contributed by atoms with Crippen molar-refractivity contribution in [3.8, 4) is 6.07 Å². The Bertz CT molecular complexity index is 1420. The molecule has 5 heterocycles. The first-order valence-electron chi connectivity index (χ1n) is 11.8. The highest BCUT2D eigenvalue weighted by molar-refractivity contribution is 7.97. The van der Waals surface area contributed by atoms with E-state index >= 15 is 0 Å². The van der Waals surface area contributed by atoms with E-state index in [0.717, 1.165) is 54.6 Å². The molecule has 8 heteroatoms. The predicted octanol–water partition coefficient (Wildman–Crippen LogP) is 5.32. The molecule has 6 rings (SSSR count). The molecule has 6 nitrogen and oxygen atoms in total. The van der Waals surface area contributed by atoms with Crippen LogP contribution in [0.4, 0.5) is 5.82 Å². The fourth-order valence-corrected chi connectivity index (χ4v) is 7.58. The molecule has 2 saturated heterocycles. The van der Waals surface area contributed by atoms with Crippen LogP contribution in [0.15, 0.2) is 30.6 Å². The third-order valence-corrected chi connectivity index (χ3v) is 9.43. The Morgan fingerprint density at radius 1 is 1.18 bits per heavy atom. The van der Waals surface area contributed by atoms with Crippen molar-refractivity contribution in [3.63, 3.8) is 0 Å². The third kappa shape index (κ3) is 3.76. The van der Waals surface area contributed by atoms with Gasteiger partial charge in [-0.25, -0.2) is 9.97 Å². The maximum Gasteiger partial charge on any atom is 0.140 e. The van der Waals surface area contributed by atoms with Crippen molar-refractivity contribution in [1.82, 2.24) is 19.9 Å². The zero-order chi connectivity index (χ0) is 23.3. The van der Waals surface area contributed by atoms with Crippen LogP contribution in [0.25, 0.3) is 21.1 Å². The molecule has 4 aromatic rings. The lowest BCUT2D eigenvalue weighted by atomic mass is 9.86. The van der Waals surface area contributed by atoms with Gasteiger partial charge in [-0.2, -0.15) is 17.0 Å². The average molecular weight is 489 g/mol. The fraction of sp³-hybridized carbons (Fsp3) is 0.423. The lowest BCUT2D eigenvalue weighted by Gasteiger charge is -2.25. The van der Waals surface area contributed by atoms with Crippen LogP contribution in [0.1, 0.15) is 34.5 Å². The molecule has 1 unspecified atom stereocenters. The third-order valence-electron chi connectivity index (χ3n) is 7.60. The number of fused-ring (bicyclic) bond motifs is 2. The van der Waals surface area contributed by atoms with Crippen LogP contribution >= 0.6 is 23.1 Å². The van der Waals surface area contributed by atoms with Gasteiger partial charge in [0.2, 0.25) is 0 Å². The molecule has 1 aromatic carbocycles. The molecule has 0 saturated carbocycles. The van der Waals surface area contributed by atoms with Crippen LogP contribution < -0.4 is 4.90 Å². The first-order valence-corrected chi connectivity index (χ1v) is 14.0. The van der Waals surface area contributed by atoms with Gasteiger partial charge in [0.15, 0.2) is 0 Å². The number of thiophene rings is 1. The number of H-pyrrole nitrogens is 1. The van der Waals surface area contributed by atoms with Gasteiger partial charge in [0, 0.05) is 53.1 Å². The molecule has 1 atom stereocenters. The monoisotopic (exact) mass is 488 g/mol. The van der Waals surface area contributed by atoms with E-state index in [4.69, 9.17) is 4.98 Å². The minimum atomic E-state index is 0.343. The average Bonchev–Trinajstić information content (AvgIpc) is 3.62. The summed E-state index contributed by atoms with van der Waals surface area (Å²) < 4.78 is 0. The van der Waals surface area contributed by atoms with Gasteiger partial charge in [-0.3, -0.25) is 4.90 Å². The number of likely N-dealkylation sites (tertiary alicyclic amines) is 1. The van der Waals surface area contributed by atoms with E-state index < -0.39 is 0 Å². The maximum absolute atomic E-state index is 9.23. The van der Waals surface area contributed by atoms with Crippen molar-refractivity contribution in [3.05, 3.63) is 52.3 Å². The summed E-state index contributed by atoms with van der Waals surface area (Å²) in [6, 6.07) is 10.8. The first kappa shape index (κ1) is 21.9. The Balaban J connectivity index is 1.18. The number of aryl methyl sites for hydroxylation is 1. The second-order valence-corrected chi connectivity index (χ2v) is 11.8. The number of hydrogen-bond donors (Lipinski definition) is 1. The number of hydrogen-bond acceptors (Lipinski definition) is 7. The first-order chi connectivity index (χ1) is 16.6. The molecule has 2 aliphatic rings. The summed E-state index contributed by atoms with van der Waals surface area (Å²) in [7, 11) is 0. The molecular weight excluding hydrogens is 460 g/mol. The van der Waals surface area contributed by atoms with Gasteiger partial charge in [-0.15, -0.1) is 11.3 Å². The minimum absolute atomic E-state index is 0.343. The number of nitrogens with one attached hydrogen (secondary N) is 1. The van der Waals surface area contributed by atoms with Crippen molar-refractivity contribution in [1.29, 1.82) is 5.26 Å². The molecule has 3 aromatic heterocycles. The van der Waals surface area contributed by atoms with Crippen LogP contribution in [-0.4, -0.2) is 52.3 Å².